The normalized spacial score (nSPS) is 30.2. The van der Waals surface area contributed by atoms with Gasteiger partial charge in [0.2, 0.25) is 0 Å². The van der Waals surface area contributed by atoms with Crippen molar-refractivity contribution in [1.82, 2.24) is 4.90 Å². The molecule has 1 N–H and O–H groups in total. The van der Waals surface area contributed by atoms with Crippen molar-refractivity contribution in [3.63, 3.8) is 0 Å². The maximum Gasteiger partial charge on any atom is 0.0960 e. The minimum absolute atomic E-state index is 0. The average molecular weight is 252 g/mol. The van der Waals surface area contributed by atoms with Crippen LogP contribution < -0.4 is 0 Å². The van der Waals surface area contributed by atoms with Crippen LogP contribution in [0.4, 0.5) is 0 Å². The van der Waals surface area contributed by atoms with Crippen molar-refractivity contribution in [1.29, 1.82) is 5.41 Å². The van der Waals surface area contributed by atoms with Crippen LogP contribution in [0.2, 0.25) is 0 Å². The summed E-state index contributed by atoms with van der Waals surface area (Å²) < 4.78 is 0. The van der Waals surface area contributed by atoms with E-state index in [-0.39, 0.29) is 24.0 Å². The molecule has 2 aliphatic heterocycles. The molecule has 0 spiro atoms. The van der Waals surface area contributed by atoms with Crippen LogP contribution in [-0.4, -0.2) is 23.3 Å². The zero-order valence-electron chi connectivity index (χ0n) is 5.97. The highest BCUT2D eigenvalue weighted by atomic mass is 127. The molecule has 0 saturated carbocycles. The Morgan fingerprint density at radius 1 is 1.40 bits per heavy atom. The summed E-state index contributed by atoms with van der Waals surface area (Å²) in [7, 11) is 0. The van der Waals surface area contributed by atoms with Crippen LogP contribution in [0.5, 0.6) is 0 Å². The molecular formula is C7H13IN2. The zero-order valence-corrected chi connectivity index (χ0v) is 8.30. The molecule has 2 heterocycles. The van der Waals surface area contributed by atoms with Gasteiger partial charge >= 0.3 is 0 Å². The van der Waals surface area contributed by atoms with Crippen LogP contribution in [0.25, 0.3) is 0 Å². The zero-order chi connectivity index (χ0) is 6.27. The van der Waals surface area contributed by atoms with Gasteiger partial charge in [-0.3, -0.25) is 5.41 Å². The number of fused-ring (bicyclic) bond motifs is 1. The van der Waals surface area contributed by atoms with Gasteiger partial charge in [0.15, 0.2) is 0 Å². The Morgan fingerprint density at radius 2 is 2.20 bits per heavy atom. The maximum atomic E-state index is 7.50. The SMILES string of the molecule is I.N=C1CC[C@@H]2CCCN12. The van der Waals surface area contributed by atoms with E-state index in [1.54, 1.807) is 0 Å². The first-order valence-corrected chi connectivity index (χ1v) is 3.72. The molecule has 0 radical (unpaired) electrons. The molecule has 2 fully saturated rings. The second kappa shape index (κ2) is 3.07. The number of halogens is 1. The molecule has 3 heteroatoms. The van der Waals surface area contributed by atoms with Crippen molar-refractivity contribution in [2.75, 3.05) is 6.54 Å². The third-order valence-corrected chi connectivity index (χ3v) is 2.44. The molecule has 0 amide bonds. The molecule has 0 aromatic heterocycles. The summed E-state index contributed by atoms with van der Waals surface area (Å²) in [5.74, 6) is 0.887. The van der Waals surface area contributed by atoms with Crippen LogP contribution in [0.3, 0.4) is 0 Å². The van der Waals surface area contributed by atoms with Gasteiger partial charge in [-0.1, -0.05) is 0 Å². The lowest BCUT2D eigenvalue weighted by atomic mass is 10.2. The number of rotatable bonds is 0. The monoisotopic (exact) mass is 252 g/mol. The third kappa shape index (κ3) is 1.15. The van der Waals surface area contributed by atoms with Crippen LogP contribution in [0.15, 0.2) is 0 Å². The Hall–Kier alpha value is 0.200. The first kappa shape index (κ1) is 8.30. The van der Waals surface area contributed by atoms with E-state index >= 15 is 0 Å². The highest BCUT2D eigenvalue weighted by Crippen LogP contribution is 2.28. The van der Waals surface area contributed by atoms with Gasteiger partial charge in [-0.05, 0) is 19.3 Å². The lowest BCUT2D eigenvalue weighted by Gasteiger charge is -2.15. The van der Waals surface area contributed by atoms with Gasteiger partial charge in [-0.25, -0.2) is 0 Å². The molecule has 58 valence electrons. The Kier molecular flexibility index (Phi) is 2.55. The minimum atomic E-state index is 0. The summed E-state index contributed by atoms with van der Waals surface area (Å²) in [6, 6.07) is 0.762. The Balaban J connectivity index is 0.000000500. The maximum absolute atomic E-state index is 7.50. The molecule has 0 bridgehead atoms. The smallest absolute Gasteiger partial charge is 0.0960 e. The predicted molar refractivity (Wildman–Crippen MR) is 52.1 cm³/mol. The number of nitrogens with zero attached hydrogens (tertiary/aromatic N) is 1. The lowest BCUT2D eigenvalue weighted by Crippen LogP contribution is -2.25. The van der Waals surface area contributed by atoms with Crippen LogP contribution in [-0.2, 0) is 0 Å². The van der Waals surface area contributed by atoms with E-state index in [1.807, 2.05) is 0 Å². The third-order valence-electron chi connectivity index (χ3n) is 2.44. The molecule has 2 nitrogen and oxygen atoms in total. The highest BCUT2D eigenvalue weighted by molar-refractivity contribution is 14.0. The number of hydrogen-bond donors (Lipinski definition) is 1. The fraction of sp³-hybridized carbons (Fsp3) is 0.857. The summed E-state index contributed by atoms with van der Waals surface area (Å²) in [6.07, 6.45) is 4.93. The van der Waals surface area contributed by atoms with Crippen molar-refractivity contribution in [2.45, 2.75) is 31.7 Å². The molecule has 0 aromatic rings. The second-order valence-corrected chi connectivity index (χ2v) is 2.97. The quantitative estimate of drug-likeness (QED) is 0.654. The standard InChI is InChI=1S/C7H12N2.HI/c8-7-4-3-6-2-1-5-9(6)7;/h6,8H,1-5H2;1H/t6-;/m0./s1. The van der Waals surface area contributed by atoms with E-state index in [0.29, 0.717) is 0 Å². The number of amidine groups is 1. The Labute approximate surface area is 78.5 Å². The second-order valence-electron chi connectivity index (χ2n) is 2.97. The van der Waals surface area contributed by atoms with E-state index in [1.165, 1.54) is 19.3 Å². The van der Waals surface area contributed by atoms with E-state index in [2.05, 4.69) is 4.90 Å². The summed E-state index contributed by atoms with van der Waals surface area (Å²) in [5.41, 5.74) is 0. The van der Waals surface area contributed by atoms with E-state index in [9.17, 15) is 0 Å². The molecule has 2 rings (SSSR count). The lowest BCUT2D eigenvalue weighted by molar-refractivity contribution is 0.420. The van der Waals surface area contributed by atoms with Gasteiger partial charge < -0.3 is 4.90 Å². The fourth-order valence-electron chi connectivity index (χ4n) is 1.94. The van der Waals surface area contributed by atoms with Gasteiger partial charge in [0.25, 0.3) is 0 Å². The fourth-order valence-corrected chi connectivity index (χ4v) is 1.94. The molecule has 2 aliphatic rings. The molecule has 0 unspecified atom stereocenters. The minimum Gasteiger partial charge on any atom is -0.358 e. The molecule has 10 heavy (non-hydrogen) atoms. The number of nitrogens with one attached hydrogen (secondary N) is 1. The molecule has 0 aromatic carbocycles. The van der Waals surface area contributed by atoms with Crippen molar-refractivity contribution in [2.24, 2.45) is 0 Å². The van der Waals surface area contributed by atoms with Crippen LogP contribution in [0, 0.1) is 5.41 Å². The van der Waals surface area contributed by atoms with Crippen molar-refractivity contribution < 1.29 is 0 Å². The van der Waals surface area contributed by atoms with Gasteiger partial charge in [-0.15, -0.1) is 24.0 Å². The van der Waals surface area contributed by atoms with Crippen molar-refractivity contribution >= 4 is 29.8 Å². The predicted octanol–water partition coefficient (Wildman–Crippen LogP) is 1.84. The Morgan fingerprint density at radius 3 is 2.90 bits per heavy atom. The average Bonchev–Trinajstić information content (AvgIpc) is 2.35. The first-order chi connectivity index (χ1) is 4.38. The van der Waals surface area contributed by atoms with Gasteiger partial charge in [0.05, 0.1) is 5.84 Å². The summed E-state index contributed by atoms with van der Waals surface area (Å²) >= 11 is 0. The molecule has 1 atom stereocenters. The van der Waals surface area contributed by atoms with E-state index in [0.717, 1.165) is 24.8 Å². The van der Waals surface area contributed by atoms with Gasteiger partial charge in [0, 0.05) is 19.0 Å². The van der Waals surface area contributed by atoms with Crippen molar-refractivity contribution in [3.8, 4) is 0 Å². The van der Waals surface area contributed by atoms with Crippen molar-refractivity contribution in [3.05, 3.63) is 0 Å². The highest BCUT2D eigenvalue weighted by Gasteiger charge is 2.31. The van der Waals surface area contributed by atoms with Gasteiger partial charge in [0.1, 0.15) is 0 Å². The van der Waals surface area contributed by atoms with Crippen LogP contribution >= 0.6 is 24.0 Å². The molecule has 2 saturated heterocycles. The summed E-state index contributed by atoms with van der Waals surface area (Å²) in [4.78, 5) is 2.26. The molecule has 0 aliphatic carbocycles. The van der Waals surface area contributed by atoms with E-state index in [4.69, 9.17) is 5.41 Å². The summed E-state index contributed by atoms with van der Waals surface area (Å²) in [5, 5.41) is 7.50. The van der Waals surface area contributed by atoms with Gasteiger partial charge in [-0.2, -0.15) is 0 Å². The Bertz CT molecular complexity index is 147. The largest absolute Gasteiger partial charge is 0.358 e. The van der Waals surface area contributed by atoms with Crippen LogP contribution in [0.1, 0.15) is 25.7 Å². The van der Waals surface area contributed by atoms with E-state index < -0.39 is 0 Å². The topological polar surface area (TPSA) is 27.1 Å². The summed E-state index contributed by atoms with van der Waals surface area (Å²) in [6.45, 7) is 1.16. The first-order valence-electron chi connectivity index (χ1n) is 3.72. The number of hydrogen-bond acceptors (Lipinski definition) is 1. The molecular weight excluding hydrogens is 239 g/mol.